The van der Waals surface area contributed by atoms with Gasteiger partial charge >= 0.3 is 5.97 Å². The van der Waals surface area contributed by atoms with E-state index in [1.807, 2.05) is 19.1 Å². The maximum atomic E-state index is 10.7. The minimum Gasteiger partial charge on any atom is -0.493 e. The average Bonchev–Trinajstić information content (AvgIpc) is 2.74. The minimum atomic E-state index is -0.805. The molecule has 0 radical (unpaired) electrons. The van der Waals surface area contributed by atoms with Gasteiger partial charge in [-0.1, -0.05) is 19.1 Å². The Hall–Kier alpha value is -1.71. The van der Waals surface area contributed by atoms with Crippen LogP contribution in [0, 0.1) is 0 Å². The molecule has 0 amide bonds. The molecular formula is C13H16O4. The summed E-state index contributed by atoms with van der Waals surface area (Å²) in [6.07, 6.45) is 0.981. The quantitative estimate of drug-likeness (QED) is 0.870. The van der Waals surface area contributed by atoms with Crippen molar-refractivity contribution in [3.05, 3.63) is 23.3 Å². The fourth-order valence-electron chi connectivity index (χ4n) is 2.21. The molecular weight excluding hydrogens is 220 g/mol. The lowest BCUT2D eigenvalue weighted by Crippen LogP contribution is -2.05. The molecule has 0 saturated heterocycles. The highest BCUT2D eigenvalue weighted by Gasteiger charge is 2.23. The molecule has 1 unspecified atom stereocenters. The molecule has 1 aromatic rings. The molecule has 0 bridgehead atoms. The molecule has 4 heteroatoms. The fraction of sp³-hybridized carbons (Fsp3) is 0.462. The van der Waals surface area contributed by atoms with Crippen molar-refractivity contribution in [2.45, 2.75) is 25.7 Å². The van der Waals surface area contributed by atoms with E-state index in [2.05, 4.69) is 0 Å². The maximum Gasteiger partial charge on any atom is 0.303 e. The monoisotopic (exact) mass is 236 g/mol. The second-order valence-electron chi connectivity index (χ2n) is 4.27. The maximum absolute atomic E-state index is 10.7. The second-order valence-corrected chi connectivity index (χ2v) is 4.27. The van der Waals surface area contributed by atoms with Crippen molar-refractivity contribution in [1.82, 2.24) is 0 Å². The van der Waals surface area contributed by atoms with Gasteiger partial charge in [-0.25, -0.2) is 0 Å². The van der Waals surface area contributed by atoms with Crippen molar-refractivity contribution in [3.63, 3.8) is 0 Å². The Morgan fingerprint density at radius 2 is 2.35 bits per heavy atom. The lowest BCUT2D eigenvalue weighted by molar-refractivity contribution is -0.137. The smallest absolute Gasteiger partial charge is 0.303 e. The molecule has 0 saturated carbocycles. The van der Waals surface area contributed by atoms with Crippen LogP contribution < -0.4 is 9.47 Å². The van der Waals surface area contributed by atoms with Crippen LogP contribution in [0.3, 0.4) is 0 Å². The van der Waals surface area contributed by atoms with Crippen molar-refractivity contribution in [2.75, 3.05) is 13.7 Å². The summed E-state index contributed by atoms with van der Waals surface area (Å²) in [6, 6.07) is 3.94. The van der Waals surface area contributed by atoms with E-state index in [0.717, 1.165) is 23.3 Å². The van der Waals surface area contributed by atoms with E-state index >= 15 is 0 Å². The number of fused-ring (bicyclic) bond motifs is 1. The summed E-state index contributed by atoms with van der Waals surface area (Å²) in [5.41, 5.74) is 2.03. The zero-order valence-corrected chi connectivity index (χ0v) is 10.0. The number of hydrogen-bond acceptors (Lipinski definition) is 3. The number of aliphatic carboxylic acids is 1. The van der Waals surface area contributed by atoms with Crippen LogP contribution in [-0.4, -0.2) is 24.8 Å². The van der Waals surface area contributed by atoms with E-state index in [4.69, 9.17) is 14.6 Å². The largest absolute Gasteiger partial charge is 0.493 e. The van der Waals surface area contributed by atoms with E-state index in [0.29, 0.717) is 12.4 Å². The molecule has 0 aliphatic carbocycles. The molecule has 1 heterocycles. The van der Waals surface area contributed by atoms with Gasteiger partial charge in [0.05, 0.1) is 20.1 Å². The Morgan fingerprint density at radius 1 is 1.59 bits per heavy atom. The van der Waals surface area contributed by atoms with Crippen molar-refractivity contribution < 1.29 is 19.4 Å². The summed E-state index contributed by atoms with van der Waals surface area (Å²) < 4.78 is 10.9. The summed E-state index contributed by atoms with van der Waals surface area (Å²) in [5.74, 6) is 0.578. The molecule has 1 aliphatic heterocycles. The van der Waals surface area contributed by atoms with Crippen LogP contribution >= 0.6 is 0 Å². The third-order valence-corrected chi connectivity index (χ3v) is 3.06. The van der Waals surface area contributed by atoms with Gasteiger partial charge in [-0.05, 0) is 5.92 Å². The number of benzene rings is 1. The zero-order chi connectivity index (χ0) is 12.4. The first-order chi connectivity index (χ1) is 8.13. The molecule has 1 atom stereocenters. The van der Waals surface area contributed by atoms with Crippen LogP contribution in [0.25, 0.3) is 0 Å². The lowest BCUT2D eigenvalue weighted by atomic mass is 9.95. The molecule has 1 aromatic carbocycles. The van der Waals surface area contributed by atoms with Gasteiger partial charge in [-0.15, -0.1) is 0 Å². The fourth-order valence-corrected chi connectivity index (χ4v) is 2.21. The van der Waals surface area contributed by atoms with Gasteiger partial charge in [0.2, 0.25) is 0 Å². The van der Waals surface area contributed by atoms with Gasteiger partial charge in [-0.2, -0.15) is 0 Å². The standard InChI is InChI=1S/C13H16O4/c1-8(7-11(14)15)10-4-3-9-5-6-17-12(9)13(10)16-2/h3-4,8H,5-7H2,1-2H3,(H,14,15). The first kappa shape index (κ1) is 11.8. The topological polar surface area (TPSA) is 55.8 Å². The minimum absolute atomic E-state index is 0.0862. The van der Waals surface area contributed by atoms with E-state index in [1.165, 1.54) is 0 Å². The Morgan fingerprint density at radius 3 is 3.00 bits per heavy atom. The van der Waals surface area contributed by atoms with Crippen molar-refractivity contribution in [2.24, 2.45) is 0 Å². The Bertz CT molecular complexity index is 439. The Balaban J connectivity index is 2.37. The Labute approximate surface area is 100 Å². The number of hydrogen-bond donors (Lipinski definition) is 1. The highest BCUT2D eigenvalue weighted by molar-refractivity contribution is 5.68. The van der Waals surface area contributed by atoms with Crippen molar-refractivity contribution in [1.29, 1.82) is 0 Å². The number of methoxy groups -OCH3 is 1. The van der Waals surface area contributed by atoms with E-state index < -0.39 is 5.97 Å². The Kier molecular flexibility index (Phi) is 3.22. The van der Waals surface area contributed by atoms with Gasteiger partial charge in [0.1, 0.15) is 0 Å². The van der Waals surface area contributed by atoms with Crippen LogP contribution in [0.15, 0.2) is 12.1 Å². The number of ether oxygens (including phenoxy) is 2. The molecule has 1 aliphatic rings. The summed E-state index contributed by atoms with van der Waals surface area (Å²) in [4.78, 5) is 10.7. The van der Waals surface area contributed by atoms with Crippen LogP contribution in [0.1, 0.15) is 30.4 Å². The first-order valence-electron chi connectivity index (χ1n) is 5.67. The highest BCUT2D eigenvalue weighted by atomic mass is 16.5. The van der Waals surface area contributed by atoms with Gasteiger partial charge in [0, 0.05) is 17.5 Å². The van der Waals surface area contributed by atoms with E-state index in [1.54, 1.807) is 7.11 Å². The molecule has 4 nitrogen and oxygen atoms in total. The second kappa shape index (κ2) is 4.65. The van der Waals surface area contributed by atoms with Crippen LogP contribution in [0.2, 0.25) is 0 Å². The summed E-state index contributed by atoms with van der Waals surface area (Å²) in [7, 11) is 1.59. The third kappa shape index (κ3) is 2.20. The molecule has 0 aromatic heterocycles. The van der Waals surface area contributed by atoms with E-state index in [9.17, 15) is 4.79 Å². The molecule has 17 heavy (non-hydrogen) atoms. The van der Waals surface area contributed by atoms with Gasteiger partial charge in [0.15, 0.2) is 11.5 Å². The predicted molar refractivity (Wildman–Crippen MR) is 62.9 cm³/mol. The van der Waals surface area contributed by atoms with E-state index in [-0.39, 0.29) is 12.3 Å². The number of carbonyl (C=O) groups is 1. The predicted octanol–water partition coefficient (Wildman–Crippen LogP) is 2.21. The first-order valence-corrected chi connectivity index (χ1v) is 5.67. The molecule has 1 N–H and O–H groups in total. The van der Waals surface area contributed by atoms with Gasteiger partial charge < -0.3 is 14.6 Å². The van der Waals surface area contributed by atoms with Crippen LogP contribution in [0.5, 0.6) is 11.5 Å². The number of rotatable bonds is 4. The zero-order valence-electron chi connectivity index (χ0n) is 10.0. The summed E-state index contributed by atoms with van der Waals surface area (Å²) in [6.45, 7) is 2.55. The van der Waals surface area contributed by atoms with Crippen molar-refractivity contribution in [3.8, 4) is 11.5 Å². The molecule has 0 fully saturated rings. The normalized spacial score (nSPS) is 14.9. The van der Waals surface area contributed by atoms with Gasteiger partial charge in [-0.3, -0.25) is 4.79 Å². The van der Waals surface area contributed by atoms with Crippen LogP contribution in [-0.2, 0) is 11.2 Å². The molecule has 2 rings (SSSR count). The summed E-state index contributed by atoms with van der Waals surface area (Å²) >= 11 is 0. The SMILES string of the molecule is COc1c(C(C)CC(=O)O)ccc2c1OCC2. The van der Waals surface area contributed by atoms with Crippen LogP contribution in [0.4, 0.5) is 0 Å². The molecule has 92 valence electrons. The third-order valence-electron chi connectivity index (χ3n) is 3.06. The molecule has 0 spiro atoms. The van der Waals surface area contributed by atoms with Crippen molar-refractivity contribution >= 4 is 5.97 Å². The average molecular weight is 236 g/mol. The highest BCUT2D eigenvalue weighted by Crippen LogP contribution is 2.41. The van der Waals surface area contributed by atoms with Gasteiger partial charge in [0.25, 0.3) is 0 Å². The summed E-state index contributed by atoms with van der Waals surface area (Å²) in [5, 5.41) is 8.83. The number of carboxylic acid groups (broad SMARTS) is 1. The lowest BCUT2D eigenvalue weighted by Gasteiger charge is -2.16. The number of carboxylic acids is 1.